The Hall–Kier alpha value is -4.12. The average molecular weight is 612 g/mol. The molecule has 3 aromatic rings. The van der Waals surface area contributed by atoms with Crippen molar-refractivity contribution in [1.82, 2.24) is 10.2 Å². The third-order valence-electron chi connectivity index (χ3n) is 7.16. The molecule has 0 aliphatic carbocycles. The number of hydrogen-bond donors (Lipinski definition) is 1. The third-order valence-corrected chi connectivity index (χ3v) is 8.90. The molecular formula is C32H38FN3O6S. The van der Waals surface area contributed by atoms with Gasteiger partial charge in [0.1, 0.15) is 31.6 Å². The summed E-state index contributed by atoms with van der Waals surface area (Å²) in [5.41, 5.74) is 1.67. The lowest BCUT2D eigenvalue weighted by Crippen LogP contribution is -2.53. The highest BCUT2D eigenvalue weighted by atomic mass is 32.2. The van der Waals surface area contributed by atoms with Crippen LogP contribution in [0.15, 0.2) is 72.8 Å². The fourth-order valence-corrected chi connectivity index (χ4v) is 5.81. The Kier molecular flexibility index (Phi) is 11.0. The second-order valence-electron chi connectivity index (χ2n) is 10.2. The lowest BCUT2D eigenvalue weighted by atomic mass is 10.0. The second kappa shape index (κ2) is 14.9. The van der Waals surface area contributed by atoms with Crippen LogP contribution >= 0.6 is 0 Å². The number of carbonyl (C=O) groups excluding carboxylic acids is 2. The summed E-state index contributed by atoms with van der Waals surface area (Å²) in [6.45, 7) is 4.06. The summed E-state index contributed by atoms with van der Waals surface area (Å²) in [6.07, 6.45) is 1.85. The first-order chi connectivity index (χ1) is 20.7. The van der Waals surface area contributed by atoms with Crippen LogP contribution in [-0.2, 0) is 32.6 Å². The molecular weight excluding hydrogens is 573 g/mol. The SMILES string of the molecule is CCCCNC(=O)C(Cc1ccccc1)N(Cc1ccc(F)cc1)C(=O)CN(c1ccc2c(c1)OCCO2)S(=O)(=O)CC. The Labute approximate surface area is 252 Å². The van der Waals surface area contributed by atoms with E-state index in [-0.39, 0.29) is 30.3 Å². The number of rotatable bonds is 14. The van der Waals surface area contributed by atoms with E-state index in [2.05, 4.69) is 5.32 Å². The van der Waals surface area contributed by atoms with E-state index in [0.29, 0.717) is 36.8 Å². The van der Waals surface area contributed by atoms with Gasteiger partial charge in [-0.05, 0) is 48.7 Å². The minimum atomic E-state index is -3.93. The van der Waals surface area contributed by atoms with E-state index in [4.69, 9.17) is 9.47 Å². The van der Waals surface area contributed by atoms with Crippen molar-refractivity contribution in [2.45, 2.75) is 45.7 Å². The van der Waals surface area contributed by atoms with Gasteiger partial charge in [0.05, 0.1) is 11.4 Å². The number of nitrogens with one attached hydrogen (secondary N) is 1. The first-order valence-corrected chi connectivity index (χ1v) is 16.1. The number of nitrogens with zero attached hydrogens (tertiary/aromatic N) is 2. The van der Waals surface area contributed by atoms with Gasteiger partial charge in [0.25, 0.3) is 0 Å². The highest BCUT2D eigenvalue weighted by Crippen LogP contribution is 2.35. The minimum absolute atomic E-state index is 0.0288. The number of unbranched alkanes of at least 4 members (excludes halogenated alkanes) is 1. The van der Waals surface area contributed by atoms with Gasteiger partial charge >= 0.3 is 0 Å². The van der Waals surface area contributed by atoms with Crippen LogP contribution in [0.5, 0.6) is 11.5 Å². The van der Waals surface area contributed by atoms with Crippen molar-refractivity contribution in [3.05, 3.63) is 89.7 Å². The zero-order valence-electron chi connectivity index (χ0n) is 24.5. The third kappa shape index (κ3) is 8.47. The van der Waals surface area contributed by atoms with Crippen molar-refractivity contribution in [1.29, 1.82) is 0 Å². The molecule has 1 aliphatic rings. The molecule has 230 valence electrons. The molecule has 43 heavy (non-hydrogen) atoms. The minimum Gasteiger partial charge on any atom is -0.486 e. The molecule has 3 aromatic carbocycles. The molecule has 0 bridgehead atoms. The van der Waals surface area contributed by atoms with E-state index in [1.165, 1.54) is 30.0 Å². The van der Waals surface area contributed by atoms with Gasteiger partial charge in [0, 0.05) is 25.6 Å². The molecule has 0 radical (unpaired) electrons. The Balaban J connectivity index is 1.72. The summed E-state index contributed by atoms with van der Waals surface area (Å²) < 4.78 is 52.7. The van der Waals surface area contributed by atoms with Crippen LogP contribution in [-0.4, -0.2) is 63.2 Å². The van der Waals surface area contributed by atoms with E-state index in [1.54, 1.807) is 24.3 Å². The fourth-order valence-electron chi connectivity index (χ4n) is 4.75. The summed E-state index contributed by atoms with van der Waals surface area (Å²) >= 11 is 0. The predicted molar refractivity (Wildman–Crippen MR) is 163 cm³/mol. The van der Waals surface area contributed by atoms with Gasteiger partial charge in [-0.15, -0.1) is 0 Å². The van der Waals surface area contributed by atoms with E-state index in [9.17, 15) is 22.4 Å². The second-order valence-corrected chi connectivity index (χ2v) is 12.4. The summed E-state index contributed by atoms with van der Waals surface area (Å²) in [6, 6.07) is 18.7. The number of hydrogen-bond acceptors (Lipinski definition) is 6. The van der Waals surface area contributed by atoms with Crippen molar-refractivity contribution in [2.24, 2.45) is 0 Å². The van der Waals surface area contributed by atoms with E-state index in [1.807, 2.05) is 37.3 Å². The van der Waals surface area contributed by atoms with Crippen LogP contribution in [0.25, 0.3) is 0 Å². The summed E-state index contributed by atoms with van der Waals surface area (Å²) in [4.78, 5) is 29.3. The molecule has 11 heteroatoms. The summed E-state index contributed by atoms with van der Waals surface area (Å²) in [7, 11) is -3.93. The van der Waals surface area contributed by atoms with Crippen LogP contribution in [0.1, 0.15) is 37.8 Å². The Bertz CT molecular complexity index is 1480. The highest BCUT2D eigenvalue weighted by Gasteiger charge is 2.34. The van der Waals surface area contributed by atoms with Crippen LogP contribution in [0, 0.1) is 5.82 Å². The number of carbonyl (C=O) groups is 2. The molecule has 1 N–H and O–H groups in total. The largest absolute Gasteiger partial charge is 0.486 e. The van der Waals surface area contributed by atoms with Gasteiger partial charge in [-0.1, -0.05) is 55.8 Å². The number of halogens is 1. The van der Waals surface area contributed by atoms with Crippen LogP contribution in [0.4, 0.5) is 10.1 Å². The zero-order chi connectivity index (χ0) is 30.8. The van der Waals surface area contributed by atoms with Gasteiger partial charge in [0.15, 0.2) is 11.5 Å². The van der Waals surface area contributed by atoms with Crippen molar-refractivity contribution in [3.63, 3.8) is 0 Å². The molecule has 0 aromatic heterocycles. The zero-order valence-corrected chi connectivity index (χ0v) is 25.3. The Morgan fingerprint density at radius 2 is 1.63 bits per heavy atom. The van der Waals surface area contributed by atoms with Crippen molar-refractivity contribution < 1.29 is 31.9 Å². The average Bonchev–Trinajstić information content (AvgIpc) is 3.02. The van der Waals surface area contributed by atoms with Gasteiger partial charge in [-0.2, -0.15) is 0 Å². The maximum absolute atomic E-state index is 14.2. The van der Waals surface area contributed by atoms with E-state index in [0.717, 1.165) is 22.7 Å². The van der Waals surface area contributed by atoms with Crippen LogP contribution in [0.3, 0.4) is 0 Å². The van der Waals surface area contributed by atoms with Gasteiger partial charge < -0.3 is 19.7 Å². The standard InChI is InChI=1S/C32H38FN3O6S/c1-3-5-17-34-32(38)28(20-24-9-7-6-8-10-24)35(22-25-11-13-26(33)14-12-25)31(37)23-36(43(39,40)4-2)27-15-16-29-30(21-27)42-19-18-41-29/h6-16,21,28H,3-5,17-20,22-23H2,1-2H3,(H,34,38). The molecule has 0 saturated carbocycles. The molecule has 1 aliphatic heterocycles. The van der Waals surface area contributed by atoms with Crippen molar-refractivity contribution in [3.8, 4) is 11.5 Å². The van der Waals surface area contributed by atoms with Gasteiger partial charge in [-0.25, -0.2) is 12.8 Å². The van der Waals surface area contributed by atoms with Crippen molar-refractivity contribution in [2.75, 3.05) is 36.4 Å². The summed E-state index contributed by atoms with van der Waals surface area (Å²) in [5.74, 6) is -0.747. The first kappa shape index (κ1) is 31.8. The topological polar surface area (TPSA) is 105 Å². The van der Waals surface area contributed by atoms with Gasteiger partial charge in [-0.3, -0.25) is 13.9 Å². The van der Waals surface area contributed by atoms with Gasteiger partial charge in [0.2, 0.25) is 21.8 Å². The number of anilines is 1. The quantitative estimate of drug-likeness (QED) is 0.273. The number of ether oxygens (including phenoxy) is 2. The van der Waals surface area contributed by atoms with Crippen LogP contribution in [0.2, 0.25) is 0 Å². The first-order valence-electron chi connectivity index (χ1n) is 14.5. The maximum Gasteiger partial charge on any atom is 0.244 e. The van der Waals surface area contributed by atoms with E-state index >= 15 is 0 Å². The molecule has 4 rings (SSSR count). The van der Waals surface area contributed by atoms with Crippen LogP contribution < -0.4 is 19.1 Å². The lowest BCUT2D eigenvalue weighted by Gasteiger charge is -2.34. The summed E-state index contributed by atoms with van der Waals surface area (Å²) in [5, 5.41) is 2.94. The molecule has 1 unspecified atom stereocenters. The molecule has 1 atom stereocenters. The normalized spacial score (nSPS) is 13.2. The molecule has 1 heterocycles. The number of fused-ring (bicyclic) bond motifs is 1. The number of benzene rings is 3. The fraction of sp³-hybridized carbons (Fsp3) is 0.375. The Morgan fingerprint density at radius 3 is 2.30 bits per heavy atom. The van der Waals surface area contributed by atoms with E-state index < -0.39 is 34.3 Å². The highest BCUT2D eigenvalue weighted by molar-refractivity contribution is 7.92. The predicted octanol–water partition coefficient (Wildman–Crippen LogP) is 4.31. The molecule has 0 spiro atoms. The lowest BCUT2D eigenvalue weighted by molar-refractivity contribution is -0.140. The number of amides is 2. The Morgan fingerprint density at radius 1 is 0.930 bits per heavy atom. The number of sulfonamides is 1. The molecule has 9 nitrogen and oxygen atoms in total. The molecule has 0 fully saturated rings. The maximum atomic E-state index is 14.2. The molecule has 0 saturated heterocycles. The van der Waals surface area contributed by atoms with Crippen molar-refractivity contribution >= 4 is 27.5 Å². The smallest absolute Gasteiger partial charge is 0.244 e. The molecule has 2 amide bonds. The monoisotopic (exact) mass is 611 g/mol.